The number of aromatic nitrogens is 1. The summed E-state index contributed by atoms with van der Waals surface area (Å²) in [7, 11) is -3.57. The molecular weight excluding hydrogens is 376 g/mol. The van der Waals surface area contributed by atoms with Crippen LogP contribution in [0, 0.1) is 0 Å². The van der Waals surface area contributed by atoms with Crippen molar-refractivity contribution in [3.63, 3.8) is 0 Å². The fourth-order valence-electron chi connectivity index (χ4n) is 1.95. The number of rotatable bonds is 7. The first-order valence-electron chi connectivity index (χ1n) is 6.50. The van der Waals surface area contributed by atoms with Crippen molar-refractivity contribution < 1.29 is 13.5 Å². The van der Waals surface area contributed by atoms with Crippen LogP contribution >= 0.6 is 27.3 Å². The van der Waals surface area contributed by atoms with Crippen LogP contribution in [0.3, 0.4) is 0 Å². The van der Waals surface area contributed by atoms with E-state index in [0.717, 1.165) is 15.1 Å². The van der Waals surface area contributed by atoms with Gasteiger partial charge >= 0.3 is 0 Å². The van der Waals surface area contributed by atoms with Gasteiger partial charge in [0.05, 0.1) is 15.3 Å². The van der Waals surface area contributed by atoms with E-state index in [9.17, 15) is 13.5 Å². The van der Waals surface area contributed by atoms with Gasteiger partial charge in [-0.3, -0.25) is 0 Å². The predicted octanol–water partition coefficient (Wildman–Crippen LogP) is 2.69. The summed E-state index contributed by atoms with van der Waals surface area (Å²) < 4.78 is 29.9. The van der Waals surface area contributed by atoms with Gasteiger partial charge in [-0.25, -0.2) is 13.1 Å². The molecule has 2 rings (SSSR count). The summed E-state index contributed by atoms with van der Waals surface area (Å²) in [5.74, 6) is 0. The van der Waals surface area contributed by atoms with Crippen molar-refractivity contribution in [3.05, 3.63) is 38.8 Å². The zero-order valence-corrected chi connectivity index (χ0v) is 14.8. The highest BCUT2D eigenvalue weighted by molar-refractivity contribution is 9.11. The molecule has 0 spiro atoms. The maximum atomic E-state index is 12.3. The summed E-state index contributed by atoms with van der Waals surface area (Å²) in [4.78, 5) is 1.12. The fraction of sp³-hybridized carbons (Fsp3) is 0.385. The van der Waals surface area contributed by atoms with Crippen LogP contribution in [0.2, 0.25) is 0 Å². The number of thiophene rings is 1. The van der Waals surface area contributed by atoms with E-state index in [1.54, 1.807) is 10.8 Å². The third-order valence-electron chi connectivity index (χ3n) is 2.96. The first-order valence-corrected chi connectivity index (χ1v) is 9.59. The van der Waals surface area contributed by atoms with E-state index >= 15 is 0 Å². The standard InChI is InChI=1S/C13H17BrN2O3S2/c1-2-5-16-8-12(6-10(16)9-17)21(18,19)15-7-11-3-4-13(14)20-11/h3-4,6,8,15,17H,2,5,7,9H2,1H3. The maximum Gasteiger partial charge on any atom is 0.242 e. The molecule has 8 heteroatoms. The first kappa shape index (κ1) is 16.7. The molecular formula is C13H17BrN2O3S2. The highest BCUT2D eigenvalue weighted by atomic mass is 79.9. The molecule has 5 nitrogen and oxygen atoms in total. The van der Waals surface area contributed by atoms with E-state index in [1.165, 1.54) is 17.4 Å². The van der Waals surface area contributed by atoms with Crippen LogP contribution in [0.4, 0.5) is 0 Å². The molecule has 0 fully saturated rings. The van der Waals surface area contributed by atoms with Gasteiger partial charge in [0, 0.05) is 29.9 Å². The van der Waals surface area contributed by atoms with Crippen LogP contribution in [0.1, 0.15) is 23.9 Å². The second-order valence-corrected chi connectivity index (χ2v) is 8.86. The molecule has 21 heavy (non-hydrogen) atoms. The molecule has 0 unspecified atom stereocenters. The normalized spacial score (nSPS) is 12.0. The van der Waals surface area contributed by atoms with Crippen molar-refractivity contribution in [1.82, 2.24) is 9.29 Å². The average molecular weight is 393 g/mol. The van der Waals surface area contributed by atoms with Crippen molar-refractivity contribution in [1.29, 1.82) is 0 Å². The van der Waals surface area contributed by atoms with Crippen molar-refractivity contribution in [3.8, 4) is 0 Å². The van der Waals surface area contributed by atoms with E-state index in [4.69, 9.17) is 0 Å². The first-order chi connectivity index (χ1) is 9.96. The molecule has 0 radical (unpaired) electrons. The number of halogens is 1. The van der Waals surface area contributed by atoms with Crippen molar-refractivity contribution in [2.75, 3.05) is 0 Å². The Morgan fingerprint density at radius 1 is 1.43 bits per heavy atom. The second-order valence-electron chi connectivity index (χ2n) is 4.55. The Kier molecular flexibility index (Phi) is 5.61. The molecule has 2 N–H and O–H groups in total. The Balaban J connectivity index is 2.15. The summed E-state index contributed by atoms with van der Waals surface area (Å²) >= 11 is 4.84. The maximum absolute atomic E-state index is 12.3. The van der Waals surface area contributed by atoms with E-state index in [1.807, 2.05) is 19.1 Å². The van der Waals surface area contributed by atoms with Crippen LogP contribution in [-0.2, 0) is 29.7 Å². The Hall–Kier alpha value is -0.670. The van der Waals surface area contributed by atoms with Gasteiger partial charge in [-0.1, -0.05) is 6.92 Å². The molecule has 0 bridgehead atoms. The Bertz CT molecular complexity index is 707. The van der Waals surface area contributed by atoms with Gasteiger partial charge in [-0.2, -0.15) is 0 Å². The van der Waals surface area contributed by atoms with E-state index in [2.05, 4.69) is 20.7 Å². The molecule has 0 aliphatic rings. The van der Waals surface area contributed by atoms with E-state index in [-0.39, 0.29) is 18.0 Å². The summed E-state index contributed by atoms with van der Waals surface area (Å²) in [6, 6.07) is 5.27. The van der Waals surface area contributed by atoms with E-state index < -0.39 is 10.0 Å². The molecule has 0 aliphatic heterocycles. The lowest BCUT2D eigenvalue weighted by Crippen LogP contribution is -2.22. The smallest absolute Gasteiger partial charge is 0.242 e. The van der Waals surface area contributed by atoms with Gasteiger partial charge in [0.2, 0.25) is 10.0 Å². The predicted molar refractivity (Wildman–Crippen MR) is 86.7 cm³/mol. The van der Waals surface area contributed by atoms with Crippen molar-refractivity contribution in [2.45, 2.75) is 37.9 Å². The highest BCUT2D eigenvalue weighted by Crippen LogP contribution is 2.22. The zero-order valence-electron chi connectivity index (χ0n) is 11.5. The third kappa shape index (κ3) is 4.17. The molecule has 0 atom stereocenters. The SMILES string of the molecule is CCCn1cc(S(=O)(=O)NCc2ccc(Br)s2)cc1CO. The largest absolute Gasteiger partial charge is 0.390 e. The topological polar surface area (TPSA) is 71.3 Å². The van der Waals surface area contributed by atoms with Crippen LogP contribution in [-0.4, -0.2) is 18.1 Å². The number of sulfonamides is 1. The minimum absolute atomic E-state index is 0.173. The second kappa shape index (κ2) is 7.06. The van der Waals surface area contributed by atoms with Crippen LogP contribution < -0.4 is 4.72 Å². The summed E-state index contributed by atoms with van der Waals surface area (Å²) in [5.41, 5.74) is 0.607. The third-order valence-corrected chi connectivity index (χ3v) is 5.95. The minimum atomic E-state index is -3.57. The lowest BCUT2D eigenvalue weighted by molar-refractivity contribution is 0.270. The van der Waals surface area contributed by atoms with Crippen LogP contribution in [0.25, 0.3) is 0 Å². The van der Waals surface area contributed by atoms with Gasteiger partial charge in [0.1, 0.15) is 0 Å². The van der Waals surface area contributed by atoms with Gasteiger partial charge in [-0.15, -0.1) is 11.3 Å². The number of aliphatic hydroxyl groups excluding tert-OH is 1. The number of hydrogen-bond acceptors (Lipinski definition) is 4. The molecule has 0 aromatic carbocycles. The molecule has 2 heterocycles. The van der Waals surface area contributed by atoms with Gasteiger partial charge in [0.25, 0.3) is 0 Å². The quantitative estimate of drug-likeness (QED) is 0.760. The molecule has 0 saturated heterocycles. The Morgan fingerprint density at radius 2 is 2.19 bits per heavy atom. The highest BCUT2D eigenvalue weighted by Gasteiger charge is 2.18. The average Bonchev–Trinajstić information content (AvgIpc) is 3.04. The molecule has 0 saturated carbocycles. The van der Waals surface area contributed by atoms with Crippen molar-refractivity contribution >= 4 is 37.3 Å². The Morgan fingerprint density at radius 3 is 2.76 bits per heavy atom. The number of nitrogens with zero attached hydrogens (tertiary/aromatic N) is 1. The zero-order chi connectivity index (χ0) is 15.5. The molecule has 2 aromatic rings. The van der Waals surface area contributed by atoms with Crippen LogP contribution in [0.15, 0.2) is 33.1 Å². The molecule has 2 aromatic heterocycles. The molecule has 116 valence electrons. The lowest BCUT2D eigenvalue weighted by Gasteiger charge is -2.04. The number of nitrogens with one attached hydrogen (secondary N) is 1. The summed E-state index contributed by atoms with van der Waals surface area (Å²) in [6.07, 6.45) is 2.44. The number of aryl methyl sites for hydroxylation is 1. The summed E-state index contributed by atoms with van der Waals surface area (Å²) in [5, 5.41) is 9.30. The van der Waals surface area contributed by atoms with E-state index in [0.29, 0.717) is 12.2 Å². The van der Waals surface area contributed by atoms with Crippen LogP contribution in [0.5, 0.6) is 0 Å². The monoisotopic (exact) mass is 392 g/mol. The number of hydrogen-bond donors (Lipinski definition) is 2. The van der Waals surface area contributed by atoms with Gasteiger partial charge < -0.3 is 9.67 Å². The number of aliphatic hydroxyl groups is 1. The fourth-order valence-corrected chi connectivity index (χ4v) is 4.53. The van der Waals surface area contributed by atoms with Gasteiger partial charge in [0.15, 0.2) is 0 Å². The molecule has 0 amide bonds. The Labute approximate surface area is 136 Å². The summed E-state index contributed by atoms with van der Waals surface area (Å²) in [6.45, 7) is 2.77. The van der Waals surface area contributed by atoms with Crippen molar-refractivity contribution in [2.24, 2.45) is 0 Å². The lowest BCUT2D eigenvalue weighted by atomic mass is 10.4. The van der Waals surface area contributed by atoms with Gasteiger partial charge in [-0.05, 0) is 40.5 Å². The minimum Gasteiger partial charge on any atom is -0.390 e. The molecule has 0 aliphatic carbocycles.